The van der Waals surface area contributed by atoms with Crippen LogP contribution in [0.5, 0.6) is 0 Å². The fourth-order valence-electron chi connectivity index (χ4n) is 2.77. The first-order valence-corrected chi connectivity index (χ1v) is 9.55. The van der Waals surface area contributed by atoms with Gasteiger partial charge in [0.15, 0.2) is 0 Å². The third-order valence-corrected chi connectivity index (χ3v) is 4.88. The lowest BCUT2D eigenvalue weighted by Crippen LogP contribution is -2.43. The molecule has 0 aliphatic heterocycles. The summed E-state index contributed by atoms with van der Waals surface area (Å²) in [6.45, 7) is 8.97. The molecule has 1 aromatic heterocycles. The van der Waals surface area contributed by atoms with E-state index in [0.29, 0.717) is 12.5 Å². The number of hydrogen-bond acceptors (Lipinski definition) is 3. The molecule has 2 N–H and O–H groups in total. The Balaban J connectivity index is 2.19. The summed E-state index contributed by atoms with van der Waals surface area (Å²) in [6, 6.07) is 12.7. The van der Waals surface area contributed by atoms with Crippen molar-refractivity contribution in [1.29, 1.82) is 0 Å². The van der Waals surface area contributed by atoms with Gasteiger partial charge in [-0.15, -0.1) is 11.3 Å². The molecule has 0 saturated heterocycles. The average molecular weight is 345 g/mol. The number of amides is 1. The maximum atomic E-state index is 12.1. The van der Waals surface area contributed by atoms with Crippen LogP contribution in [-0.2, 0) is 11.2 Å². The molecule has 4 heteroatoms. The highest BCUT2D eigenvalue weighted by Crippen LogP contribution is 2.27. The number of hydrogen-bond donors (Lipinski definition) is 2. The van der Waals surface area contributed by atoms with E-state index >= 15 is 0 Å². The Bertz CT molecular complexity index is 620. The normalized spacial score (nSPS) is 13.7. The topological polar surface area (TPSA) is 41.1 Å². The molecule has 24 heavy (non-hydrogen) atoms. The standard InChI is InChI=1S/C20H28N2OS/c1-5-21-20(23)15(4)22-19(18-7-6-12-24-18)17-10-8-16(9-11-17)13-14(2)3/h6-12,14-15,19,22H,5,13H2,1-4H3,(H,21,23)/t15-,19-/m1/s1. The van der Waals surface area contributed by atoms with E-state index in [1.165, 1.54) is 16.0 Å². The fourth-order valence-corrected chi connectivity index (χ4v) is 3.58. The molecule has 0 spiro atoms. The summed E-state index contributed by atoms with van der Waals surface area (Å²) in [5, 5.41) is 8.44. The third kappa shape index (κ3) is 5.18. The van der Waals surface area contributed by atoms with Gasteiger partial charge in [0.05, 0.1) is 12.1 Å². The van der Waals surface area contributed by atoms with Crippen LogP contribution in [0.3, 0.4) is 0 Å². The van der Waals surface area contributed by atoms with Crippen molar-refractivity contribution in [2.75, 3.05) is 6.54 Å². The first-order chi connectivity index (χ1) is 11.5. The van der Waals surface area contributed by atoms with E-state index in [1.54, 1.807) is 11.3 Å². The second-order valence-corrected chi connectivity index (χ2v) is 7.55. The minimum atomic E-state index is -0.243. The quantitative estimate of drug-likeness (QED) is 0.755. The summed E-state index contributed by atoms with van der Waals surface area (Å²) in [5.41, 5.74) is 2.55. The molecule has 130 valence electrons. The first kappa shape index (κ1) is 18.7. The Labute approximate surface area is 149 Å². The Morgan fingerprint density at radius 2 is 1.83 bits per heavy atom. The van der Waals surface area contributed by atoms with Gasteiger partial charge in [-0.1, -0.05) is 44.2 Å². The summed E-state index contributed by atoms with van der Waals surface area (Å²) < 4.78 is 0. The van der Waals surface area contributed by atoms with Gasteiger partial charge in [-0.3, -0.25) is 10.1 Å². The van der Waals surface area contributed by atoms with Gasteiger partial charge in [-0.05, 0) is 48.8 Å². The van der Waals surface area contributed by atoms with Gasteiger partial charge < -0.3 is 5.32 Å². The van der Waals surface area contributed by atoms with Gasteiger partial charge in [0.2, 0.25) is 5.91 Å². The van der Waals surface area contributed by atoms with Crippen molar-refractivity contribution in [3.8, 4) is 0 Å². The van der Waals surface area contributed by atoms with Crippen molar-refractivity contribution in [1.82, 2.24) is 10.6 Å². The summed E-state index contributed by atoms with van der Waals surface area (Å²) in [7, 11) is 0. The lowest BCUT2D eigenvalue weighted by Gasteiger charge is -2.23. The Kier molecular flexibility index (Phi) is 7.00. The van der Waals surface area contributed by atoms with Gasteiger partial charge in [-0.2, -0.15) is 0 Å². The molecule has 2 atom stereocenters. The summed E-state index contributed by atoms with van der Waals surface area (Å²) in [5.74, 6) is 0.690. The van der Waals surface area contributed by atoms with Gasteiger partial charge in [0.25, 0.3) is 0 Å². The van der Waals surface area contributed by atoms with Crippen molar-refractivity contribution in [2.24, 2.45) is 5.92 Å². The molecule has 1 amide bonds. The van der Waals surface area contributed by atoms with E-state index in [-0.39, 0.29) is 18.0 Å². The molecule has 1 heterocycles. The second-order valence-electron chi connectivity index (χ2n) is 6.57. The Morgan fingerprint density at radius 1 is 1.12 bits per heavy atom. The molecule has 3 nitrogen and oxygen atoms in total. The predicted octanol–water partition coefficient (Wildman–Crippen LogP) is 4.15. The van der Waals surface area contributed by atoms with Crippen LogP contribution in [0.1, 0.15) is 49.7 Å². The smallest absolute Gasteiger partial charge is 0.236 e. The van der Waals surface area contributed by atoms with E-state index in [4.69, 9.17) is 0 Å². The molecule has 2 rings (SSSR count). The molecule has 0 saturated carbocycles. The lowest BCUT2D eigenvalue weighted by molar-refractivity contribution is -0.122. The van der Waals surface area contributed by atoms with Crippen LogP contribution in [0.2, 0.25) is 0 Å². The molecule has 0 bridgehead atoms. The van der Waals surface area contributed by atoms with Crippen LogP contribution < -0.4 is 10.6 Å². The maximum absolute atomic E-state index is 12.1. The number of likely N-dealkylation sites (N-methyl/N-ethyl adjacent to an activating group) is 1. The van der Waals surface area contributed by atoms with E-state index in [2.05, 4.69) is 66.3 Å². The SMILES string of the molecule is CCNC(=O)[C@@H](C)N[C@H](c1ccc(CC(C)C)cc1)c1cccs1. The molecule has 0 aliphatic rings. The molecular weight excluding hydrogens is 316 g/mol. The highest BCUT2D eigenvalue weighted by atomic mass is 32.1. The van der Waals surface area contributed by atoms with Crippen molar-refractivity contribution < 1.29 is 4.79 Å². The number of thiophene rings is 1. The summed E-state index contributed by atoms with van der Waals surface area (Å²) in [6.07, 6.45) is 1.09. The van der Waals surface area contributed by atoms with E-state index in [0.717, 1.165) is 6.42 Å². The number of carbonyl (C=O) groups excluding carboxylic acids is 1. The fraction of sp³-hybridized carbons (Fsp3) is 0.450. The number of benzene rings is 1. The zero-order valence-corrected chi connectivity index (χ0v) is 15.8. The first-order valence-electron chi connectivity index (χ1n) is 8.67. The predicted molar refractivity (Wildman–Crippen MR) is 102 cm³/mol. The molecule has 0 aliphatic carbocycles. The van der Waals surface area contributed by atoms with Crippen LogP contribution >= 0.6 is 11.3 Å². The summed E-state index contributed by atoms with van der Waals surface area (Å²) in [4.78, 5) is 13.3. The van der Waals surface area contributed by atoms with Gasteiger partial charge in [0.1, 0.15) is 0 Å². The zero-order chi connectivity index (χ0) is 17.5. The number of nitrogens with one attached hydrogen (secondary N) is 2. The second kappa shape index (κ2) is 9.00. The third-order valence-electron chi connectivity index (χ3n) is 3.95. The largest absolute Gasteiger partial charge is 0.355 e. The molecule has 2 aromatic rings. The Morgan fingerprint density at radius 3 is 2.38 bits per heavy atom. The zero-order valence-electron chi connectivity index (χ0n) is 15.0. The van der Waals surface area contributed by atoms with Crippen LogP contribution in [-0.4, -0.2) is 18.5 Å². The van der Waals surface area contributed by atoms with Crippen LogP contribution in [0.4, 0.5) is 0 Å². The van der Waals surface area contributed by atoms with Crippen LogP contribution in [0.25, 0.3) is 0 Å². The minimum absolute atomic E-state index is 0.0375. The number of rotatable bonds is 8. The van der Waals surface area contributed by atoms with E-state index in [1.807, 2.05) is 13.8 Å². The van der Waals surface area contributed by atoms with Crippen molar-refractivity contribution in [2.45, 2.75) is 46.2 Å². The molecule has 0 fully saturated rings. The molecule has 0 radical (unpaired) electrons. The van der Waals surface area contributed by atoms with Gasteiger partial charge in [-0.25, -0.2) is 0 Å². The highest BCUT2D eigenvalue weighted by Gasteiger charge is 2.21. The van der Waals surface area contributed by atoms with Crippen molar-refractivity contribution in [3.63, 3.8) is 0 Å². The average Bonchev–Trinajstić information content (AvgIpc) is 3.07. The molecular formula is C20H28N2OS. The summed E-state index contributed by atoms with van der Waals surface area (Å²) >= 11 is 1.71. The lowest BCUT2D eigenvalue weighted by atomic mass is 9.98. The van der Waals surface area contributed by atoms with Crippen LogP contribution in [0.15, 0.2) is 41.8 Å². The van der Waals surface area contributed by atoms with Gasteiger partial charge in [0, 0.05) is 11.4 Å². The highest BCUT2D eigenvalue weighted by molar-refractivity contribution is 7.10. The maximum Gasteiger partial charge on any atom is 0.236 e. The van der Waals surface area contributed by atoms with Crippen molar-refractivity contribution in [3.05, 3.63) is 57.8 Å². The van der Waals surface area contributed by atoms with E-state index in [9.17, 15) is 4.79 Å². The van der Waals surface area contributed by atoms with E-state index < -0.39 is 0 Å². The van der Waals surface area contributed by atoms with Gasteiger partial charge >= 0.3 is 0 Å². The monoisotopic (exact) mass is 344 g/mol. The minimum Gasteiger partial charge on any atom is -0.355 e. The molecule has 1 aromatic carbocycles. The Hall–Kier alpha value is -1.65. The van der Waals surface area contributed by atoms with Crippen molar-refractivity contribution >= 4 is 17.2 Å². The molecule has 0 unspecified atom stereocenters. The number of carbonyl (C=O) groups is 1. The van der Waals surface area contributed by atoms with Crippen LogP contribution in [0, 0.1) is 5.92 Å².